The number of ether oxygens (including phenoxy) is 4. The summed E-state index contributed by atoms with van der Waals surface area (Å²) >= 11 is 0. The number of aromatic nitrogens is 1. The zero-order valence-corrected chi connectivity index (χ0v) is 21.9. The first-order chi connectivity index (χ1) is 18.1. The van der Waals surface area contributed by atoms with Gasteiger partial charge in [0.2, 0.25) is 5.43 Å². The average molecular weight is 516 g/mol. The maximum Gasteiger partial charge on any atom is 0.343 e. The molecule has 0 unspecified atom stereocenters. The molecule has 38 heavy (non-hydrogen) atoms. The van der Waals surface area contributed by atoms with Gasteiger partial charge in [-0.3, -0.25) is 4.79 Å². The predicted octanol–water partition coefficient (Wildman–Crippen LogP) is 5.32. The fourth-order valence-electron chi connectivity index (χ4n) is 3.90. The van der Waals surface area contributed by atoms with Crippen molar-refractivity contribution < 1.29 is 28.5 Å². The fourth-order valence-corrected chi connectivity index (χ4v) is 3.90. The van der Waals surface area contributed by atoms with E-state index >= 15 is 0 Å². The first-order valence-electron chi connectivity index (χ1n) is 12.0. The van der Waals surface area contributed by atoms with Crippen LogP contribution in [0.2, 0.25) is 0 Å². The second-order valence-corrected chi connectivity index (χ2v) is 9.61. The third-order valence-corrected chi connectivity index (χ3v) is 5.67. The van der Waals surface area contributed by atoms with Crippen LogP contribution in [0.4, 0.5) is 0 Å². The van der Waals surface area contributed by atoms with Gasteiger partial charge in [-0.25, -0.2) is 9.59 Å². The fraction of sp³-hybridized carbons (Fsp3) is 0.233. The SMILES string of the molecule is COC(=O)c1cn(-c2cc(OC)cc(C(=O)OC(C)(C)C)c2)c2cc(OCc3ccccc3)ccc2c1=O. The molecule has 196 valence electrons. The largest absolute Gasteiger partial charge is 0.497 e. The molecular weight excluding hydrogens is 486 g/mol. The number of fused-ring (bicyclic) bond motifs is 1. The summed E-state index contributed by atoms with van der Waals surface area (Å²) in [6.07, 6.45) is 1.39. The van der Waals surface area contributed by atoms with Crippen molar-refractivity contribution >= 4 is 22.8 Å². The van der Waals surface area contributed by atoms with Crippen LogP contribution >= 0.6 is 0 Å². The van der Waals surface area contributed by atoms with Crippen molar-refractivity contribution in [2.75, 3.05) is 14.2 Å². The van der Waals surface area contributed by atoms with Crippen molar-refractivity contribution in [3.63, 3.8) is 0 Å². The summed E-state index contributed by atoms with van der Waals surface area (Å²) in [5, 5.41) is 0.279. The summed E-state index contributed by atoms with van der Waals surface area (Å²) in [5.41, 5.74) is 0.843. The number of benzene rings is 3. The molecule has 0 spiro atoms. The van der Waals surface area contributed by atoms with E-state index < -0.39 is 23.0 Å². The minimum atomic E-state index is -0.773. The summed E-state index contributed by atoms with van der Waals surface area (Å²) in [6, 6.07) is 19.6. The zero-order valence-electron chi connectivity index (χ0n) is 21.9. The number of pyridine rings is 1. The Morgan fingerprint density at radius 2 is 1.61 bits per heavy atom. The van der Waals surface area contributed by atoms with Gasteiger partial charge in [0.15, 0.2) is 0 Å². The lowest BCUT2D eigenvalue weighted by Gasteiger charge is -2.20. The molecule has 1 heterocycles. The van der Waals surface area contributed by atoms with Gasteiger partial charge in [0.05, 0.1) is 31.0 Å². The standard InChI is InChI=1S/C30H29NO7/c1-30(2,3)38-28(33)20-13-21(15-23(14-20)35-4)31-17-25(29(34)36-5)27(32)24-12-11-22(16-26(24)31)37-18-19-9-7-6-8-10-19/h6-17H,18H2,1-5H3. The van der Waals surface area contributed by atoms with Gasteiger partial charge < -0.3 is 23.5 Å². The minimum Gasteiger partial charge on any atom is -0.497 e. The predicted molar refractivity (Wildman–Crippen MR) is 143 cm³/mol. The summed E-state index contributed by atoms with van der Waals surface area (Å²) in [4.78, 5) is 38.6. The number of esters is 2. The van der Waals surface area contributed by atoms with Crippen molar-refractivity contribution in [3.05, 3.63) is 99.8 Å². The van der Waals surface area contributed by atoms with Gasteiger partial charge in [-0.05, 0) is 50.6 Å². The first-order valence-corrected chi connectivity index (χ1v) is 12.0. The molecule has 8 heteroatoms. The van der Waals surface area contributed by atoms with Crippen LogP contribution in [0.15, 0.2) is 77.7 Å². The van der Waals surface area contributed by atoms with Crippen LogP contribution in [0.5, 0.6) is 11.5 Å². The number of methoxy groups -OCH3 is 2. The zero-order chi connectivity index (χ0) is 27.4. The van der Waals surface area contributed by atoms with Crippen molar-refractivity contribution in [1.29, 1.82) is 0 Å². The molecule has 0 amide bonds. The molecule has 0 saturated heterocycles. The number of rotatable bonds is 7. The van der Waals surface area contributed by atoms with E-state index in [0.717, 1.165) is 5.56 Å². The van der Waals surface area contributed by atoms with Gasteiger partial charge in [-0.1, -0.05) is 30.3 Å². The number of carbonyl (C=O) groups excluding carboxylic acids is 2. The van der Waals surface area contributed by atoms with Crippen LogP contribution < -0.4 is 14.9 Å². The monoisotopic (exact) mass is 515 g/mol. The Hall–Kier alpha value is -4.59. The second-order valence-electron chi connectivity index (χ2n) is 9.61. The highest BCUT2D eigenvalue weighted by Gasteiger charge is 2.21. The second kappa shape index (κ2) is 10.8. The van der Waals surface area contributed by atoms with Crippen LogP contribution in [0, 0.1) is 0 Å². The Balaban J connectivity index is 1.89. The van der Waals surface area contributed by atoms with E-state index in [1.165, 1.54) is 20.4 Å². The molecule has 8 nitrogen and oxygen atoms in total. The van der Waals surface area contributed by atoms with E-state index in [4.69, 9.17) is 18.9 Å². The van der Waals surface area contributed by atoms with Crippen LogP contribution in [-0.2, 0) is 16.1 Å². The molecule has 0 bridgehead atoms. The molecule has 0 radical (unpaired) electrons. The summed E-state index contributed by atoms with van der Waals surface area (Å²) in [6.45, 7) is 5.67. The third kappa shape index (κ3) is 5.86. The number of nitrogens with zero attached hydrogens (tertiary/aromatic N) is 1. The summed E-state index contributed by atoms with van der Waals surface area (Å²) < 4.78 is 23.5. The topological polar surface area (TPSA) is 93.1 Å². The van der Waals surface area contributed by atoms with Crippen molar-refractivity contribution in [3.8, 4) is 17.2 Å². The normalized spacial score (nSPS) is 11.2. The lowest BCUT2D eigenvalue weighted by Crippen LogP contribution is -2.24. The number of hydrogen-bond donors (Lipinski definition) is 0. The highest BCUT2D eigenvalue weighted by molar-refractivity contribution is 5.95. The molecule has 0 aliphatic rings. The first kappa shape index (κ1) is 26.5. The van der Waals surface area contributed by atoms with Crippen molar-refractivity contribution in [1.82, 2.24) is 4.57 Å². The lowest BCUT2D eigenvalue weighted by atomic mass is 10.1. The average Bonchev–Trinajstić information content (AvgIpc) is 2.91. The van der Waals surface area contributed by atoms with Crippen LogP contribution in [0.3, 0.4) is 0 Å². The molecule has 4 rings (SSSR count). The van der Waals surface area contributed by atoms with Gasteiger partial charge >= 0.3 is 11.9 Å². The van der Waals surface area contributed by atoms with Gasteiger partial charge in [-0.15, -0.1) is 0 Å². The van der Waals surface area contributed by atoms with Gasteiger partial charge in [0, 0.05) is 23.7 Å². The van der Waals surface area contributed by atoms with Crippen LogP contribution in [0.25, 0.3) is 16.6 Å². The molecule has 0 aliphatic heterocycles. The minimum absolute atomic E-state index is 0.153. The van der Waals surface area contributed by atoms with Gasteiger partial charge in [0.1, 0.15) is 29.3 Å². The highest BCUT2D eigenvalue weighted by atomic mass is 16.6. The molecular formula is C30H29NO7. The molecule has 0 N–H and O–H groups in total. The van der Waals surface area contributed by atoms with Crippen LogP contribution in [0.1, 0.15) is 47.1 Å². The van der Waals surface area contributed by atoms with Gasteiger partial charge in [-0.2, -0.15) is 0 Å². The Labute approximate surface area is 220 Å². The van der Waals surface area contributed by atoms with Crippen molar-refractivity contribution in [2.24, 2.45) is 0 Å². The summed E-state index contributed by atoms with van der Waals surface area (Å²) in [7, 11) is 2.69. The smallest absolute Gasteiger partial charge is 0.343 e. The molecule has 0 atom stereocenters. The molecule has 0 saturated carbocycles. The maximum absolute atomic E-state index is 13.2. The maximum atomic E-state index is 13.2. The Kier molecular flexibility index (Phi) is 7.52. The van der Waals surface area contributed by atoms with Crippen LogP contribution in [-0.4, -0.2) is 36.3 Å². The van der Waals surface area contributed by atoms with E-state index in [9.17, 15) is 14.4 Å². The van der Waals surface area contributed by atoms with Crippen molar-refractivity contribution in [2.45, 2.75) is 33.0 Å². The van der Waals surface area contributed by atoms with E-state index in [1.54, 1.807) is 61.7 Å². The molecule has 4 aromatic rings. The van der Waals surface area contributed by atoms with E-state index in [-0.39, 0.29) is 16.5 Å². The summed E-state index contributed by atoms with van der Waals surface area (Å²) in [5.74, 6) is -0.393. The van der Waals surface area contributed by atoms with E-state index in [1.807, 2.05) is 30.3 Å². The number of carbonyl (C=O) groups is 2. The van der Waals surface area contributed by atoms with E-state index in [0.29, 0.717) is 29.3 Å². The molecule has 0 aliphatic carbocycles. The van der Waals surface area contributed by atoms with Gasteiger partial charge in [0.25, 0.3) is 0 Å². The Morgan fingerprint density at radius 3 is 2.26 bits per heavy atom. The highest BCUT2D eigenvalue weighted by Crippen LogP contribution is 2.27. The lowest BCUT2D eigenvalue weighted by molar-refractivity contribution is 0.00689. The quantitative estimate of drug-likeness (QED) is 0.308. The number of hydrogen-bond acceptors (Lipinski definition) is 7. The third-order valence-electron chi connectivity index (χ3n) is 5.67. The Morgan fingerprint density at radius 1 is 0.868 bits per heavy atom. The molecule has 0 fully saturated rings. The molecule has 1 aromatic heterocycles. The molecule has 3 aromatic carbocycles. The van der Waals surface area contributed by atoms with E-state index in [2.05, 4.69) is 0 Å². The Bertz CT molecular complexity index is 1550.